The second-order valence-electron chi connectivity index (χ2n) is 9.83. The zero-order valence-corrected chi connectivity index (χ0v) is 20.1. The molecule has 1 aliphatic heterocycles. The van der Waals surface area contributed by atoms with Crippen LogP contribution in [0, 0.1) is 5.92 Å². The van der Waals surface area contributed by atoms with Gasteiger partial charge in [-0.15, -0.1) is 0 Å². The Morgan fingerprint density at radius 2 is 1.87 bits per heavy atom. The Kier molecular flexibility index (Phi) is 9.91. The summed E-state index contributed by atoms with van der Waals surface area (Å²) < 4.78 is 5.38. The Hall–Kier alpha value is -1.99. The molecule has 2 aliphatic rings. The summed E-state index contributed by atoms with van der Waals surface area (Å²) in [5.74, 6) is 1.25. The van der Waals surface area contributed by atoms with Gasteiger partial charge in [0.2, 0.25) is 5.91 Å². The van der Waals surface area contributed by atoms with Gasteiger partial charge in [-0.25, -0.2) is 4.79 Å². The van der Waals surface area contributed by atoms with E-state index in [4.69, 9.17) is 4.74 Å². The van der Waals surface area contributed by atoms with Crippen LogP contribution in [0.3, 0.4) is 0 Å². The van der Waals surface area contributed by atoms with Crippen molar-refractivity contribution in [2.24, 2.45) is 10.9 Å². The highest BCUT2D eigenvalue weighted by Crippen LogP contribution is 2.26. The van der Waals surface area contributed by atoms with E-state index in [1.165, 1.54) is 19.3 Å². The number of alkyl carbamates (subject to hydrolysis) is 1. The van der Waals surface area contributed by atoms with E-state index in [1.807, 2.05) is 25.7 Å². The molecule has 2 fully saturated rings. The third-order valence-electron chi connectivity index (χ3n) is 5.89. The minimum absolute atomic E-state index is 0.0497. The van der Waals surface area contributed by atoms with Crippen LogP contribution in [0.1, 0.15) is 79.1 Å². The Bertz CT molecular complexity index is 611. The van der Waals surface area contributed by atoms with Crippen molar-refractivity contribution in [2.45, 2.75) is 96.7 Å². The third kappa shape index (κ3) is 8.95. The van der Waals surface area contributed by atoms with Crippen LogP contribution in [0.15, 0.2) is 4.99 Å². The van der Waals surface area contributed by atoms with Crippen LogP contribution < -0.4 is 16.0 Å². The van der Waals surface area contributed by atoms with E-state index < -0.39 is 11.7 Å². The maximum atomic E-state index is 12.8. The summed E-state index contributed by atoms with van der Waals surface area (Å²) in [6.45, 7) is 9.75. The molecule has 0 aromatic carbocycles. The summed E-state index contributed by atoms with van der Waals surface area (Å²) in [6.07, 6.45) is 8.03. The van der Waals surface area contributed by atoms with Gasteiger partial charge in [0.15, 0.2) is 5.96 Å². The SMILES string of the molecule is CCCC(CNC(=NC)NC1CCN(C(=O)C2CCCCC2)C1)NC(=O)OC(C)(C)C. The molecule has 1 aliphatic carbocycles. The minimum atomic E-state index is -0.519. The molecular weight excluding hydrogens is 394 g/mol. The smallest absolute Gasteiger partial charge is 0.407 e. The van der Waals surface area contributed by atoms with E-state index in [9.17, 15) is 9.59 Å². The van der Waals surface area contributed by atoms with E-state index in [1.54, 1.807) is 7.05 Å². The van der Waals surface area contributed by atoms with Crippen LogP contribution in [0.25, 0.3) is 0 Å². The highest BCUT2D eigenvalue weighted by atomic mass is 16.6. The Morgan fingerprint density at radius 1 is 1.16 bits per heavy atom. The first-order valence-corrected chi connectivity index (χ1v) is 12.0. The van der Waals surface area contributed by atoms with Crippen molar-refractivity contribution in [1.29, 1.82) is 0 Å². The molecule has 1 heterocycles. The molecular formula is C23H43N5O3. The average Bonchev–Trinajstić information content (AvgIpc) is 3.18. The number of carbonyl (C=O) groups excluding carboxylic acids is 2. The molecule has 8 nitrogen and oxygen atoms in total. The molecule has 2 rings (SSSR count). The molecule has 0 radical (unpaired) electrons. The number of carbonyl (C=O) groups is 2. The largest absolute Gasteiger partial charge is 0.444 e. The summed E-state index contributed by atoms with van der Waals surface area (Å²) in [7, 11) is 1.74. The fourth-order valence-electron chi connectivity index (χ4n) is 4.34. The summed E-state index contributed by atoms with van der Waals surface area (Å²) >= 11 is 0. The fourth-order valence-corrected chi connectivity index (χ4v) is 4.34. The quantitative estimate of drug-likeness (QED) is 0.420. The number of amides is 2. The molecule has 178 valence electrons. The number of nitrogens with zero attached hydrogens (tertiary/aromatic N) is 2. The monoisotopic (exact) mass is 437 g/mol. The Balaban J connectivity index is 1.78. The molecule has 2 amide bonds. The molecule has 1 saturated heterocycles. The van der Waals surface area contributed by atoms with Gasteiger partial charge >= 0.3 is 6.09 Å². The first-order valence-electron chi connectivity index (χ1n) is 12.0. The normalized spacial score (nSPS) is 21.5. The molecule has 31 heavy (non-hydrogen) atoms. The number of likely N-dealkylation sites (tertiary alicyclic amines) is 1. The lowest BCUT2D eigenvalue weighted by Crippen LogP contribution is -2.50. The maximum Gasteiger partial charge on any atom is 0.407 e. The molecule has 2 unspecified atom stereocenters. The van der Waals surface area contributed by atoms with Gasteiger partial charge in [0, 0.05) is 44.7 Å². The van der Waals surface area contributed by atoms with Crippen molar-refractivity contribution in [1.82, 2.24) is 20.9 Å². The number of guanidine groups is 1. The van der Waals surface area contributed by atoms with Crippen molar-refractivity contribution in [3.63, 3.8) is 0 Å². The average molecular weight is 438 g/mol. The van der Waals surface area contributed by atoms with Gasteiger partial charge in [-0.1, -0.05) is 32.6 Å². The molecule has 0 bridgehead atoms. The number of rotatable bonds is 7. The van der Waals surface area contributed by atoms with Crippen LogP contribution in [0.5, 0.6) is 0 Å². The predicted molar refractivity (Wildman–Crippen MR) is 124 cm³/mol. The molecule has 0 aromatic rings. The van der Waals surface area contributed by atoms with Crippen molar-refractivity contribution < 1.29 is 14.3 Å². The number of hydrogen-bond donors (Lipinski definition) is 3. The lowest BCUT2D eigenvalue weighted by Gasteiger charge is -2.27. The predicted octanol–water partition coefficient (Wildman–Crippen LogP) is 3.03. The van der Waals surface area contributed by atoms with Gasteiger partial charge in [-0.3, -0.25) is 9.79 Å². The van der Waals surface area contributed by atoms with Crippen molar-refractivity contribution >= 4 is 18.0 Å². The van der Waals surface area contributed by atoms with E-state index >= 15 is 0 Å². The highest BCUT2D eigenvalue weighted by Gasteiger charge is 2.31. The number of nitrogens with one attached hydrogen (secondary N) is 3. The van der Waals surface area contributed by atoms with Crippen LogP contribution in [0.2, 0.25) is 0 Å². The zero-order chi connectivity index (χ0) is 22.9. The summed E-state index contributed by atoms with van der Waals surface area (Å²) in [5.41, 5.74) is -0.519. The van der Waals surface area contributed by atoms with E-state index in [2.05, 4.69) is 27.9 Å². The number of aliphatic imine (C=N–C) groups is 1. The van der Waals surface area contributed by atoms with Gasteiger partial charge in [-0.2, -0.15) is 0 Å². The van der Waals surface area contributed by atoms with Crippen molar-refractivity contribution in [2.75, 3.05) is 26.7 Å². The van der Waals surface area contributed by atoms with Crippen LogP contribution in [-0.4, -0.2) is 67.2 Å². The maximum absolute atomic E-state index is 12.8. The summed E-state index contributed by atoms with van der Waals surface area (Å²) in [5, 5.41) is 9.71. The second kappa shape index (κ2) is 12.2. The molecule has 0 aromatic heterocycles. The Labute approximate surface area is 187 Å². The summed E-state index contributed by atoms with van der Waals surface area (Å²) in [6, 6.07) is 0.147. The zero-order valence-electron chi connectivity index (χ0n) is 20.1. The van der Waals surface area contributed by atoms with Gasteiger partial charge in [-0.05, 0) is 46.5 Å². The van der Waals surface area contributed by atoms with Gasteiger partial charge in [0.05, 0.1) is 0 Å². The fraction of sp³-hybridized carbons (Fsp3) is 0.870. The molecule has 3 N–H and O–H groups in total. The standard InChI is InChI=1S/C23H43N5O3/c1-6-10-18(27-22(30)31-23(2,3)4)15-25-21(24-5)26-19-13-14-28(16-19)20(29)17-11-8-7-9-12-17/h17-19H,6-16H2,1-5H3,(H,27,30)(H2,24,25,26). The molecule has 2 atom stereocenters. The number of hydrogen-bond acceptors (Lipinski definition) is 4. The van der Waals surface area contributed by atoms with Crippen molar-refractivity contribution in [3.05, 3.63) is 0 Å². The van der Waals surface area contributed by atoms with E-state index in [-0.39, 0.29) is 18.0 Å². The molecule has 8 heteroatoms. The van der Waals surface area contributed by atoms with Crippen LogP contribution >= 0.6 is 0 Å². The van der Waals surface area contributed by atoms with Gasteiger partial charge < -0.3 is 25.6 Å². The highest BCUT2D eigenvalue weighted by molar-refractivity contribution is 5.81. The molecule has 0 spiro atoms. The molecule has 1 saturated carbocycles. The van der Waals surface area contributed by atoms with Crippen LogP contribution in [-0.2, 0) is 9.53 Å². The lowest BCUT2D eigenvalue weighted by molar-refractivity contribution is -0.135. The first kappa shape index (κ1) is 25.3. The topological polar surface area (TPSA) is 95.1 Å². The number of ether oxygens (including phenoxy) is 1. The minimum Gasteiger partial charge on any atom is -0.444 e. The van der Waals surface area contributed by atoms with Crippen LogP contribution in [0.4, 0.5) is 4.79 Å². The van der Waals surface area contributed by atoms with Gasteiger partial charge in [0.25, 0.3) is 0 Å². The van der Waals surface area contributed by atoms with E-state index in [0.717, 1.165) is 45.2 Å². The first-order chi connectivity index (χ1) is 14.7. The summed E-state index contributed by atoms with van der Waals surface area (Å²) in [4.78, 5) is 31.3. The van der Waals surface area contributed by atoms with Crippen molar-refractivity contribution in [3.8, 4) is 0 Å². The van der Waals surface area contributed by atoms with E-state index in [0.29, 0.717) is 18.4 Å². The van der Waals surface area contributed by atoms with Gasteiger partial charge in [0.1, 0.15) is 5.60 Å². The lowest BCUT2D eigenvalue weighted by atomic mass is 9.88. The Morgan fingerprint density at radius 3 is 2.48 bits per heavy atom. The third-order valence-corrected chi connectivity index (χ3v) is 5.89. The second-order valence-corrected chi connectivity index (χ2v) is 9.83.